The lowest BCUT2D eigenvalue weighted by molar-refractivity contribution is -0.123. The maximum absolute atomic E-state index is 11.7. The SMILES string of the molecule is Cl.O=C(NCCSCC1CC1)C1CCCCN1. The smallest absolute Gasteiger partial charge is 0.237 e. The topological polar surface area (TPSA) is 41.1 Å². The van der Waals surface area contributed by atoms with Gasteiger partial charge in [0, 0.05) is 12.3 Å². The number of rotatable bonds is 6. The summed E-state index contributed by atoms with van der Waals surface area (Å²) in [6.07, 6.45) is 6.24. The summed E-state index contributed by atoms with van der Waals surface area (Å²) in [6, 6.07) is 0.0715. The predicted octanol–water partition coefficient (Wildman–Crippen LogP) is 1.81. The molecule has 5 heteroatoms. The molecule has 0 aromatic rings. The van der Waals surface area contributed by atoms with Crippen LogP contribution in [0.1, 0.15) is 32.1 Å². The molecule has 1 atom stereocenters. The summed E-state index contributed by atoms with van der Waals surface area (Å²) in [5, 5.41) is 6.29. The van der Waals surface area contributed by atoms with Crippen molar-refractivity contribution in [2.24, 2.45) is 5.92 Å². The highest BCUT2D eigenvalue weighted by Gasteiger charge is 2.21. The first kappa shape index (κ1) is 15.1. The van der Waals surface area contributed by atoms with E-state index in [2.05, 4.69) is 10.6 Å². The van der Waals surface area contributed by atoms with E-state index in [-0.39, 0.29) is 24.4 Å². The van der Waals surface area contributed by atoms with Gasteiger partial charge in [-0.05, 0) is 43.9 Å². The van der Waals surface area contributed by atoms with Crippen molar-refractivity contribution in [1.29, 1.82) is 0 Å². The zero-order chi connectivity index (χ0) is 11.2. The summed E-state index contributed by atoms with van der Waals surface area (Å²) in [4.78, 5) is 11.7. The van der Waals surface area contributed by atoms with E-state index in [4.69, 9.17) is 0 Å². The fourth-order valence-corrected chi connectivity index (χ4v) is 3.06. The van der Waals surface area contributed by atoms with E-state index in [9.17, 15) is 4.79 Å². The predicted molar refractivity (Wildman–Crippen MR) is 75.9 cm³/mol. The van der Waals surface area contributed by atoms with Crippen LogP contribution in [-0.4, -0.2) is 36.5 Å². The summed E-state index contributed by atoms with van der Waals surface area (Å²) in [6.45, 7) is 1.82. The molecule has 1 aliphatic carbocycles. The first-order chi connectivity index (χ1) is 7.86. The van der Waals surface area contributed by atoms with Crippen molar-refractivity contribution in [3.05, 3.63) is 0 Å². The Morgan fingerprint density at radius 3 is 2.76 bits per heavy atom. The molecule has 1 unspecified atom stereocenters. The molecule has 17 heavy (non-hydrogen) atoms. The molecule has 2 fully saturated rings. The zero-order valence-electron chi connectivity index (χ0n) is 10.2. The van der Waals surface area contributed by atoms with Gasteiger partial charge in [-0.3, -0.25) is 4.79 Å². The normalized spacial score (nSPS) is 23.9. The fourth-order valence-electron chi connectivity index (χ4n) is 1.98. The standard InChI is InChI=1S/C12H22N2OS.ClH/c15-12(11-3-1-2-6-13-11)14-7-8-16-9-10-4-5-10;/h10-11,13H,1-9H2,(H,14,15);1H. The van der Waals surface area contributed by atoms with Crippen LogP contribution in [0.25, 0.3) is 0 Å². The highest BCUT2D eigenvalue weighted by molar-refractivity contribution is 7.99. The Labute approximate surface area is 114 Å². The van der Waals surface area contributed by atoms with E-state index in [1.54, 1.807) is 0 Å². The van der Waals surface area contributed by atoms with E-state index in [1.165, 1.54) is 31.4 Å². The minimum atomic E-state index is 0. The highest BCUT2D eigenvalue weighted by Crippen LogP contribution is 2.32. The lowest BCUT2D eigenvalue weighted by Crippen LogP contribution is -2.47. The molecule has 1 saturated carbocycles. The number of carbonyl (C=O) groups excluding carboxylic acids is 1. The van der Waals surface area contributed by atoms with Gasteiger partial charge in [-0.2, -0.15) is 11.8 Å². The zero-order valence-corrected chi connectivity index (χ0v) is 11.9. The molecule has 2 rings (SSSR count). The number of hydrogen-bond acceptors (Lipinski definition) is 3. The van der Waals surface area contributed by atoms with Crippen LogP contribution in [0, 0.1) is 5.92 Å². The first-order valence-electron chi connectivity index (χ1n) is 6.45. The third kappa shape index (κ3) is 5.98. The van der Waals surface area contributed by atoms with Gasteiger partial charge in [0.25, 0.3) is 0 Å². The van der Waals surface area contributed by atoms with E-state index in [1.807, 2.05) is 11.8 Å². The average Bonchev–Trinajstić information content (AvgIpc) is 3.13. The van der Waals surface area contributed by atoms with Crippen LogP contribution in [-0.2, 0) is 4.79 Å². The summed E-state index contributed by atoms with van der Waals surface area (Å²) in [5.74, 6) is 3.54. The molecule has 0 aromatic heterocycles. The second-order valence-electron chi connectivity index (χ2n) is 4.81. The molecule has 0 bridgehead atoms. The van der Waals surface area contributed by atoms with Crippen LogP contribution in [0.4, 0.5) is 0 Å². The van der Waals surface area contributed by atoms with Gasteiger partial charge in [-0.15, -0.1) is 12.4 Å². The summed E-state index contributed by atoms with van der Waals surface area (Å²) >= 11 is 1.98. The van der Waals surface area contributed by atoms with Crippen molar-refractivity contribution in [1.82, 2.24) is 10.6 Å². The Balaban J connectivity index is 0.00000144. The summed E-state index contributed by atoms with van der Waals surface area (Å²) < 4.78 is 0. The third-order valence-corrected chi connectivity index (χ3v) is 4.42. The Morgan fingerprint density at radius 1 is 1.29 bits per heavy atom. The Bertz CT molecular complexity index is 231. The van der Waals surface area contributed by atoms with E-state index < -0.39 is 0 Å². The van der Waals surface area contributed by atoms with Crippen molar-refractivity contribution in [3.8, 4) is 0 Å². The molecule has 1 amide bonds. The van der Waals surface area contributed by atoms with Gasteiger partial charge in [0.1, 0.15) is 0 Å². The maximum atomic E-state index is 11.7. The molecule has 100 valence electrons. The van der Waals surface area contributed by atoms with E-state index in [0.29, 0.717) is 0 Å². The number of hydrogen-bond donors (Lipinski definition) is 2. The van der Waals surface area contributed by atoms with E-state index in [0.717, 1.165) is 31.2 Å². The number of halogens is 1. The van der Waals surface area contributed by atoms with Crippen LogP contribution in [0.15, 0.2) is 0 Å². The van der Waals surface area contributed by atoms with Gasteiger partial charge in [0.15, 0.2) is 0 Å². The first-order valence-corrected chi connectivity index (χ1v) is 7.60. The average molecular weight is 279 g/mol. The quantitative estimate of drug-likeness (QED) is 0.728. The highest BCUT2D eigenvalue weighted by atomic mass is 35.5. The van der Waals surface area contributed by atoms with Crippen LogP contribution in [0.5, 0.6) is 0 Å². The van der Waals surface area contributed by atoms with Crippen molar-refractivity contribution in [2.75, 3.05) is 24.6 Å². The minimum Gasteiger partial charge on any atom is -0.354 e. The second-order valence-corrected chi connectivity index (χ2v) is 5.96. The lowest BCUT2D eigenvalue weighted by Gasteiger charge is -2.22. The fraction of sp³-hybridized carbons (Fsp3) is 0.917. The van der Waals surface area contributed by atoms with Crippen LogP contribution < -0.4 is 10.6 Å². The largest absolute Gasteiger partial charge is 0.354 e. The van der Waals surface area contributed by atoms with Crippen LogP contribution >= 0.6 is 24.2 Å². The molecule has 3 nitrogen and oxygen atoms in total. The van der Waals surface area contributed by atoms with Gasteiger partial charge < -0.3 is 10.6 Å². The third-order valence-electron chi connectivity index (χ3n) is 3.22. The molecule has 0 radical (unpaired) electrons. The Morgan fingerprint density at radius 2 is 2.12 bits per heavy atom. The summed E-state index contributed by atoms with van der Waals surface area (Å²) in [5.41, 5.74) is 0. The molecule has 2 aliphatic rings. The van der Waals surface area contributed by atoms with Gasteiger partial charge in [-0.1, -0.05) is 6.42 Å². The second kappa shape index (κ2) is 8.22. The van der Waals surface area contributed by atoms with Crippen molar-refractivity contribution in [3.63, 3.8) is 0 Å². The molecule has 0 spiro atoms. The number of nitrogens with one attached hydrogen (secondary N) is 2. The number of carbonyl (C=O) groups is 1. The Hall–Kier alpha value is 0.0700. The number of piperidine rings is 1. The molecular formula is C12H23ClN2OS. The van der Waals surface area contributed by atoms with Crippen molar-refractivity contribution in [2.45, 2.75) is 38.1 Å². The molecule has 1 heterocycles. The maximum Gasteiger partial charge on any atom is 0.237 e. The van der Waals surface area contributed by atoms with Gasteiger partial charge in [-0.25, -0.2) is 0 Å². The van der Waals surface area contributed by atoms with Crippen molar-refractivity contribution >= 4 is 30.1 Å². The van der Waals surface area contributed by atoms with Gasteiger partial charge >= 0.3 is 0 Å². The van der Waals surface area contributed by atoms with Gasteiger partial charge in [0.05, 0.1) is 6.04 Å². The number of amides is 1. The molecule has 1 aliphatic heterocycles. The molecule has 2 N–H and O–H groups in total. The molecular weight excluding hydrogens is 256 g/mol. The lowest BCUT2D eigenvalue weighted by atomic mass is 10.0. The van der Waals surface area contributed by atoms with Crippen LogP contribution in [0.2, 0.25) is 0 Å². The van der Waals surface area contributed by atoms with Gasteiger partial charge in [0.2, 0.25) is 5.91 Å². The molecule has 1 saturated heterocycles. The molecule has 0 aromatic carbocycles. The van der Waals surface area contributed by atoms with Crippen LogP contribution in [0.3, 0.4) is 0 Å². The minimum absolute atomic E-state index is 0. The van der Waals surface area contributed by atoms with E-state index >= 15 is 0 Å². The van der Waals surface area contributed by atoms with Crippen molar-refractivity contribution < 1.29 is 4.79 Å². The summed E-state index contributed by atoms with van der Waals surface area (Å²) in [7, 11) is 0. The number of thioether (sulfide) groups is 1. The Kier molecular flexibility index (Phi) is 7.32. The monoisotopic (exact) mass is 278 g/mol.